The van der Waals surface area contributed by atoms with Crippen LogP contribution in [0.1, 0.15) is 61.3 Å². The van der Waals surface area contributed by atoms with E-state index in [1.807, 2.05) is 39.5 Å². The summed E-state index contributed by atoms with van der Waals surface area (Å²) in [5.74, 6) is -0.00951. The molecular formula is C15H28N2O2. The topological polar surface area (TPSA) is 49.4 Å². The summed E-state index contributed by atoms with van der Waals surface area (Å²) >= 11 is 0. The average Bonchev–Trinajstić information content (AvgIpc) is 2.28. The molecule has 1 aliphatic rings. The second-order valence-electron chi connectivity index (χ2n) is 7.01. The fraction of sp³-hybridized carbons (Fsp3) is 0.867. The van der Waals surface area contributed by atoms with Crippen molar-refractivity contribution in [2.75, 3.05) is 0 Å². The largest absolute Gasteiger partial charge is 0.342 e. The van der Waals surface area contributed by atoms with Gasteiger partial charge in [0.05, 0.1) is 0 Å². The Bertz CT molecular complexity index is 365. The molecule has 0 aromatic rings. The first kappa shape index (κ1) is 16.0. The summed E-state index contributed by atoms with van der Waals surface area (Å²) in [7, 11) is 0. The van der Waals surface area contributed by atoms with Crippen LogP contribution >= 0.6 is 0 Å². The number of amides is 2. The summed E-state index contributed by atoms with van der Waals surface area (Å²) in [4.78, 5) is 27.0. The maximum Gasteiger partial charge on any atom is 0.246 e. The van der Waals surface area contributed by atoms with E-state index in [-0.39, 0.29) is 23.3 Å². The van der Waals surface area contributed by atoms with Gasteiger partial charge in [-0.2, -0.15) is 0 Å². The van der Waals surface area contributed by atoms with E-state index in [9.17, 15) is 9.59 Å². The van der Waals surface area contributed by atoms with Crippen molar-refractivity contribution in [2.45, 2.75) is 78.9 Å². The highest BCUT2D eigenvalue weighted by Gasteiger charge is 2.51. The van der Waals surface area contributed by atoms with E-state index >= 15 is 0 Å². The molecule has 2 amide bonds. The van der Waals surface area contributed by atoms with Crippen LogP contribution in [0.25, 0.3) is 0 Å². The first-order valence-corrected chi connectivity index (χ1v) is 7.21. The van der Waals surface area contributed by atoms with Crippen LogP contribution in [0.3, 0.4) is 0 Å². The van der Waals surface area contributed by atoms with E-state index < -0.39 is 11.6 Å². The summed E-state index contributed by atoms with van der Waals surface area (Å²) < 4.78 is 0. The summed E-state index contributed by atoms with van der Waals surface area (Å²) in [5, 5.41) is 2.90. The summed E-state index contributed by atoms with van der Waals surface area (Å²) in [6.45, 7) is 13.7. The normalized spacial score (nSPS) is 23.8. The molecule has 110 valence electrons. The molecule has 1 unspecified atom stereocenters. The van der Waals surface area contributed by atoms with Crippen molar-refractivity contribution in [3.05, 3.63) is 0 Å². The maximum atomic E-state index is 12.8. The van der Waals surface area contributed by atoms with Crippen molar-refractivity contribution in [3.63, 3.8) is 0 Å². The predicted molar refractivity (Wildman–Crippen MR) is 76.7 cm³/mol. The lowest BCUT2D eigenvalue weighted by molar-refractivity contribution is -0.162. The van der Waals surface area contributed by atoms with Gasteiger partial charge in [-0.1, -0.05) is 34.6 Å². The van der Waals surface area contributed by atoms with Gasteiger partial charge >= 0.3 is 0 Å². The quantitative estimate of drug-likeness (QED) is 0.854. The van der Waals surface area contributed by atoms with Crippen molar-refractivity contribution in [1.82, 2.24) is 10.2 Å². The van der Waals surface area contributed by atoms with Crippen LogP contribution in [0.5, 0.6) is 0 Å². The Labute approximate surface area is 116 Å². The van der Waals surface area contributed by atoms with E-state index in [0.717, 1.165) is 12.8 Å². The fourth-order valence-electron chi connectivity index (χ4n) is 2.77. The molecule has 0 saturated carbocycles. The molecule has 1 heterocycles. The Morgan fingerprint density at radius 3 is 2.05 bits per heavy atom. The first-order valence-electron chi connectivity index (χ1n) is 7.21. The van der Waals surface area contributed by atoms with E-state index in [1.54, 1.807) is 0 Å². The molecule has 1 aliphatic heterocycles. The molecule has 0 aromatic heterocycles. The van der Waals surface area contributed by atoms with Gasteiger partial charge in [0.2, 0.25) is 11.8 Å². The van der Waals surface area contributed by atoms with Crippen molar-refractivity contribution in [1.29, 1.82) is 0 Å². The number of piperazine rings is 1. The number of carbonyl (C=O) groups is 2. The van der Waals surface area contributed by atoms with Gasteiger partial charge in [0.15, 0.2) is 0 Å². The highest BCUT2D eigenvalue weighted by Crippen LogP contribution is 2.32. The van der Waals surface area contributed by atoms with Gasteiger partial charge in [-0.15, -0.1) is 0 Å². The molecule has 1 N–H and O–H groups in total. The van der Waals surface area contributed by atoms with Gasteiger partial charge in [0.1, 0.15) is 11.6 Å². The number of hydrogen-bond acceptors (Lipinski definition) is 2. The highest BCUT2D eigenvalue weighted by molar-refractivity contribution is 5.99. The van der Waals surface area contributed by atoms with Crippen molar-refractivity contribution < 1.29 is 9.59 Å². The van der Waals surface area contributed by atoms with Gasteiger partial charge in [0, 0.05) is 6.04 Å². The number of hydrogen-bond donors (Lipinski definition) is 1. The zero-order chi connectivity index (χ0) is 15.0. The molecule has 1 atom stereocenters. The molecule has 4 nitrogen and oxygen atoms in total. The lowest BCUT2D eigenvalue weighted by atomic mass is 9.81. The predicted octanol–water partition coefficient (Wildman–Crippen LogP) is 2.33. The molecular weight excluding hydrogens is 240 g/mol. The lowest BCUT2D eigenvalue weighted by Crippen LogP contribution is -2.72. The van der Waals surface area contributed by atoms with Crippen LogP contribution in [0.4, 0.5) is 0 Å². The summed E-state index contributed by atoms with van der Waals surface area (Å²) in [6, 6.07) is -0.313. The fourth-order valence-corrected chi connectivity index (χ4v) is 2.77. The monoisotopic (exact) mass is 268 g/mol. The molecule has 1 rings (SSSR count). The highest BCUT2D eigenvalue weighted by atomic mass is 16.2. The molecule has 1 saturated heterocycles. The Morgan fingerprint density at radius 2 is 1.68 bits per heavy atom. The summed E-state index contributed by atoms with van der Waals surface area (Å²) in [5.41, 5.74) is -1.04. The Balaban J connectivity index is 3.21. The van der Waals surface area contributed by atoms with Gasteiger partial charge in [0.25, 0.3) is 0 Å². The molecule has 0 radical (unpaired) electrons. The molecule has 0 spiro atoms. The molecule has 0 bridgehead atoms. The molecule has 1 fully saturated rings. The van der Waals surface area contributed by atoms with Gasteiger partial charge in [-0.3, -0.25) is 9.59 Å². The number of nitrogens with one attached hydrogen (secondary N) is 1. The smallest absolute Gasteiger partial charge is 0.246 e. The third-order valence-corrected chi connectivity index (χ3v) is 4.09. The third-order valence-electron chi connectivity index (χ3n) is 4.09. The van der Waals surface area contributed by atoms with E-state index in [4.69, 9.17) is 0 Å². The van der Waals surface area contributed by atoms with E-state index in [2.05, 4.69) is 19.2 Å². The Kier molecular flexibility index (Phi) is 4.33. The van der Waals surface area contributed by atoms with Crippen molar-refractivity contribution >= 4 is 11.8 Å². The zero-order valence-electron chi connectivity index (χ0n) is 13.3. The molecule has 0 aliphatic carbocycles. The van der Waals surface area contributed by atoms with Crippen LogP contribution in [-0.2, 0) is 9.59 Å². The second-order valence-corrected chi connectivity index (χ2v) is 7.01. The number of rotatable bonds is 3. The van der Waals surface area contributed by atoms with Crippen LogP contribution < -0.4 is 5.32 Å². The van der Waals surface area contributed by atoms with E-state index in [0.29, 0.717) is 0 Å². The van der Waals surface area contributed by atoms with Gasteiger partial charge in [-0.25, -0.2) is 0 Å². The van der Waals surface area contributed by atoms with Crippen molar-refractivity contribution in [2.24, 2.45) is 5.41 Å². The van der Waals surface area contributed by atoms with Gasteiger partial charge in [-0.05, 0) is 32.1 Å². The van der Waals surface area contributed by atoms with Crippen LogP contribution in [0, 0.1) is 5.41 Å². The first-order chi connectivity index (χ1) is 8.57. The SMILES string of the molecule is CCC(CC)N1C(=O)C(C(C)(C)C)NC(=O)C1(C)C. The second kappa shape index (κ2) is 5.14. The van der Waals surface area contributed by atoms with Gasteiger partial charge < -0.3 is 10.2 Å². The van der Waals surface area contributed by atoms with E-state index in [1.165, 1.54) is 0 Å². The molecule has 19 heavy (non-hydrogen) atoms. The Morgan fingerprint density at radius 1 is 1.21 bits per heavy atom. The standard InChI is InChI=1S/C15H28N2O2/c1-8-10(9-2)17-12(18)11(14(3,4)5)16-13(19)15(17,6)7/h10-11H,8-9H2,1-7H3,(H,16,19). The van der Waals surface area contributed by atoms with Crippen LogP contribution in [-0.4, -0.2) is 34.3 Å². The van der Waals surface area contributed by atoms with Crippen molar-refractivity contribution in [3.8, 4) is 0 Å². The number of nitrogens with zero attached hydrogens (tertiary/aromatic N) is 1. The molecule has 4 heteroatoms. The average molecular weight is 268 g/mol. The zero-order valence-corrected chi connectivity index (χ0v) is 13.3. The minimum Gasteiger partial charge on any atom is -0.342 e. The third kappa shape index (κ3) is 2.77. The lowest BCUT2D eigenvalue weighted by Gasteiger charge is -2.50. The number of carbonyl (C=O) groups excluding carboxylic acids is 2. The minimum atomic E-state index is -0.768. The summed E-state index contributed by atoms with van der Waals surface area (Å²) in [6.07, 6.45) is 1.74. The molecule has 0 aromatic carbocycles. The van der Waals surface area contributed by atoms with Crippen LogP contribution in [0.2, 0.25) is 0 Å². The van der Waals surface area contributed by atoms with Crippen LogP contribution in [0.15, 0.2) is 0 Å². The maximum absolute atomic E-state index is 12.8. The Hall–Kier alpha value is -1.06. The minimum absolute atomic E-state index is 0.0470.